The Balaban J connectivity index is 1.75. The molecule has 0 amide bonds. The zero-order valence-corrected chi connectivity index (χ0v) is 13.0. The summed E-state index contributed by atoms with van der Waals surface area (Å²) < 4.78 is 1.90. The zero-order valence-electron chi connectivity index (χ0n) is 13.0. The summed E-state index contributed by atoms with van der Waals surface area (Å²) >= 11 is 0. The first-order valence-corrected chi connectivity index (χ1v) is 7.42. The number of aliphatic hydroxyl groups is 1. The summed E-state index contributed by atoms with van der Waals surface area (Å²) in [4.78, 5) is 8.93. The largest absolute Gasteiger partial charge is 0.389 e. The summed E-state index contributed by atoms with van der Waals surface area (Å²) in [6.45, 7) is 10.3. The van der Waals surface area contributed by atoms with Crippen LogP contribution in [0.1, 0.15) is 19.4 Å². The van der Waals surface area contributed by atoms with Gasteiger partial charge in [-0.1, -0.05) is 0 Å². The first kappa shape index (κ1) is 14.3. The maximum atomic E-state index is 9.93. The monoisotopic (exact) mass is 289 g/mol. The van der Waals surface area contributed by atoms with Crippen LogP contribution in [0.15, 0.2) is 18.5 Å². The molecule has 0 atom stereocenters. The normalized spacial score (nSPS) is 17.6. The molecule has 1 saturated heterocycles. The maximum Gasteiger partial charge on any atom is 0.157 e. The van der Waals surface area contributed by atoms with Gasteiger partial charge in [-0.05, 0) is 38.5 Å². The Kier molecular flexibility index (Phi) is 3.59. The van der Waals surface area contributed by atoms with Gasteiger partial charge in [-0.15, -0.1) is 0 Å². The molecule has 6 heteroatoms. The van der Waals surface area contributed by atoms with Gasteiger partial charge in [-0.2, -0.15) is 9.61 Å². The molecule has 0 bridgehead atoms. The molecule has 1 aliphatic rings. The zero-order chi connectivity index (χ0) is 15.0. The van der Waals surface area contributed by atoms with E-state index in [9.17, 15) is 5.11 Å². The second-order valence-electron chi connectivity index (χ2n) is 6.50. The molecule has 0 saturated carbocycles. The van der Waals surface area contributed by atoms with Crippen LogP contribution in [0.2, 0.25) is 0 Å². The summed E-state index contributed by atoms with van der Waals surface area (Å²) in [6.07, 6.45) is 1.60. The van der Waals surface area contributed by atoms with Crippen LogP contribution in [0.5, 0.6) is 0 Å². The highest BCUT2D eigenvalue weighted by molar-refractivity contribution is 5.53. The Hall–Kier alpha value is -1.66. The van der Waals surface area contributed by atoms with Gasteiger partial charge in [-0.25, -0.2) is 4.98 Å². The standard InChI is InChI=1S/C15H23N5O/c1-12-8-13-16-11-17-20(13)14(9-12)19-6-4-18(5-7-19)10-15(2,3)21/h8-9,11,21H,4-7,10H2,1-3H3. The van der Waals surface area contributed by atoms with Gasteiger partial charge in [0.2, 0.25) is 0 Å². The van der Waals surface area contributed by atoms with E-state index in [0.717, 1.165) is 37.6 Å². The van der Waals surface area contributed by atoms with E-state index in [4.69, 9.17) is 0 Å². The predicted octanol–water partition coefficient (Wildman–Crippen LogP) is 0.931. The molecule has 0 aromatic carbocycles. The molecular formula is C15H23N5O. The SMILES string of the molecule is Cc1cc(N2CCN(CC(C)(C)O)CC2)n2ncnc2c1. The molecule has 114 valence electrons. The second kappa shape index (κ2) is 5.27. The predicted molar refractivity (Wildman–Crippen MR) is 82.7 cm³/mol. The van der Waals surface area contributed by atoms with Gasteiger partial charge >= 0.3 is 0 Å². The van der Waals surface area contributed by atoms with Crippen molar-refractivity contribution < 1.29 is 5.11 Å². The van der Waals surface area contributed by atoms with E-state index in [0.29, 0.717) is 6.54 Å². The van der Waals surface area contributed by atoms with E-state index in [1.807, 2.05) is 24.4 Å². The number of aryl methyl sites for hydroxylation is 1. The number of aromatic nitrogens is 3. The highest BCUT2D eigenvalue weighted by Gasteiger charge is 2.24. The fourth-order valence-electron chi connectivity index (χ4n) is 2.94. The fourth-order valence-corrected chi connectivity index (χ4v) is 2.94. The Morgan fingerprint density at radius 1 is 1.19 bits per heavy atom. The number of rotatable bonds is 3. The molecule has 1 aliphatic heterocycles. The van der Waals surface area contributed by atoms with Crippen molar-refractivity contribution in [2.45, 2.75) is 26.4 Å². The molecule has 3 heterocycles. The lowest BCUT2D eigenvalue weighted by Gasteiger charge is -2.38. The van der Waals surface area contributed by atoms with Crippen molar-refractivity contribution in [1.82, 2.24) is 19.5 Å². The van der Waals surface area contributed by atoms with E-state index in [1.54, 1.807) is 6.33 Å². The molecule has 0 aliphatic carbocycles. The van der Waals surface area contributed by atoms with Crippen molar-refractivity contribution >= 4 is 11.5 Å². The maximum absolute atomic E-state index is 9.93. The Morgan fingerprint density at radius 3 is 2.57 bits per heavy atom. The number of nitrogens with zero attached hydrogens (tertiary/aromatic N) is 5. The molecule has 2 aromatic heterocycles. The van der Waals surface area contributed by atoms with Crippen molar-refractivity contribution in [2.75, 3.05) is 37.6 Å². The van der Waals surface area contributed by atoms with Gasteiger partial charge in [0.25, 0.3) is 0 Å². The topological polar surface area (TPSA) is 56.9 Å². The molecule has 2 aromatic rings. The molecule has 0 unspecified atom stereocenters. The lowest BCUT2D eigenvalue weighted by atomic mass is 10.1. The van der Waals surface area contributed by atoms with Crippen LogP contribution in [0, 0.1) is 6.92 Å². The van der Waals surface area contributed by atoms with E-state index in [2.05, 4.69) is 32.9 Å². The second-order valence-corrected chi connectivity index (χ2v) is 6.50. The third-order valence-corrected chi connectivity index (χ3v) is 3.81. The van der Waals surface area contributed by atoms with Gasteiger partial charge in [0.05, 0.1) is 5.60 Å². The van der Waals surface area contributed by atoms with Crippen LogP contribution in [0.25, 0.3) is 5.65 Å². The smallest absolute Gasteiger partial charge is 0.157 e. The lowest BCUT2D eigenvalue weighted by Crippen LogP contribution is -2.50. The average molecular weight is 289 g/mol. The van der Waals surface area contributed by atoms with Crippen LogP contribution in [-0.2, 0) is 0 Å². The summed E-state index contributed by atoms with van der Waals surface area (Å²) in [6, 6.07) is 4.20. The number of pyridine rings is 1. The van der Waals surface area contributed by atoms with Gasteiger partial charge in [0, 0.05) is 32.7 Å². The van der Waals surface area contributed by atoms with E-state index >= 15 is 0 Å². The number of hydrogen-bond donors (Lipinski definition) is 1. The first-order valence-electron chi connectivity index (χ1n) is 7.42. The van der Waals surface area contributed by atoms with Crippen molar-refractivity contribution in [2.24, 2.45) is 0 Å². The first-order chi connectivity index (χ1) is 9.92. The molecule has 3 rings (SSSR count). The van der Waals surface area contributed by atoms with E-state index in [-0.39, 0.29) is 0 Å². The van der Waals surface area contributed by atoms with Crippen LogP contribution >= 0.6 is 0 Å². The van der Waals surface area contributed by atoms with Gasteiger partial charge in [-0.3, -0.25) is 4.90 Å². The lowest BCUT2D eigenvalue weighted by molar-refractivity contribution is 0.0344. The molecule has 0 radical (unpaired) electrons. The van der Waals surface area contributed by atoms with Crippen LogP contribution < -0.4 is 4.90 Å². The molecule has 0 spiro atoms. The third kappa shape index (κ3) is 3.16. The number of piperazine rings is 1. The Labute approximate surface area is 125 Å². The fraction of sp³-hybridized carbons (Fsp3) is 0.600. The van der Waals surface area contributed by atoms with Crippen molar-refractivity contribution in [3.05, 3.63) is 24.0 Å². The summed E-state index contributed by atoms with van der Waals surface area (Å²) in [5, 5.41) is 14.2. The third-order valence-electron chi connectivity index (χ3n) is 3.81. The number of β-amino-alcohol motifs (C(OH)–C–C–N with tert-alkyl or cyclic N) is 1. The molecule has 6 nitrogen and oxygen atoms in total. The minimum Gasteiger partial charge on any atom is -0.389 e. The average Bonchev–Trinajstić information content (AvgIpc) is 2.85. The van der Waals surface area contributed by atoms with E-state index in [1.165, 1.54) is 5.56 Å². The summed E-state index contributed by atoms with van der Waals surface area (Å²) in [5.41, 5.74) is 1.46. The molecule has 1 N–H and O–H groups in total. The van der Waals surface area contributed by atoms with Crippen LogP contribution in [0.3, 0.4) is 0 Å². The molecule has 1 fully saturated rings. The number of fused-ring (bicyclic) bond motifs is 1. The minimum absolute atomic E-state index is 0.634. The van der Waals surface area contributed by atoms with Gasteiger partial charge < -0.3 is 10.0 Å². The van der Waals surface area contributed by atoms with Gasteiger partial charge in [0.15, 0.2) is 5.65 Å². The highest BCUT2D eigenvalue weighted by atomic mass is 16.3. The minimum atomic E-state index is -0.634. The Bertz CT molecular complexity index is 623. The van der Waals surface area contributed by atoms with Crippen molar-refractivity contribution in [1.29, 1.82) is 0 Å². The molecule has 21 heavy (non-hydrogen) atoms. The van der Waals surface area contributed by atoms with Crippen molar-refractivity contribution in [3.63, 3.8) is 0 Å². The Morgan fingerprint density at radius 2 is 1.90 bits per heavy atom. The number of hydrogen-bond acceptors (Lipinski definition) is 5. The summed E-state index contributed by atoms with van der Waals surface area (Å²) in [7, 11) is 0. The number of anilines is 1. The van der Waals surface area contributed by atoms with Crippen molar-refractivity contribution in [3.8, 4) is 0 Å². The van der Waals surface area contributed by atoms with E-state index < -0.39 is 5.60 Å². The quantitative estimate of drug-likeness (QED) is 0.911. The molecular weight excluding hydrogens is 266 g/mol. The summed E-state index contributed by atoms with van der Waals surface area (Å²) in [5.74, 6) is 1.10. The van der Waals surface area contributed by atoms with Gasteiger partial charge in [0.1, 0.15) is 12.1 Å². The highest BCUT2D eigenvalue weighted by Crippen LogP contribution is 2.20. The van der Waals surface area contributed by atoms with Crippen LogP contribution in [0.4, 0.5) is 5.82 Å². The van der Waals surface area contributed by atoms with Crippen LogP contribution in [-0.4, -0.2) is 62.9 Å².